The van der Waals surface area contributed by atoms with Gasteiger partial charge in [0.15, 0.2) is 0 Å². The SMILES string of the molecule is CCCN1C(=O)N=C(N)C1(COC)C(C)C. The number of nitrogens with two attached hydrogens (primary N) is 1. The fraction of sp³-hybridized carbons (Fsp3) is 0.818. The number of hydrogen-bond acceptors (Lipinski definition) is 3. The number of hydrogen-bond donors (Lipinski definition) is 1. The van der Waals surface area contributed by atoms with E-state index in [-0.39, 0.29) is 11.9 Å². The largest absolute Gasteiger partial charge is 0.385 e. The van der Waals surface area contributed by atoms with Crippen molar-refractivity contribution in [1.82, 2.24) is 4.90 Å². The molecule has 0 radical (unpaired) electrons. The lowest BCUT2D eigenvalue weighted by atomic mass is 9.85. The van der Waals surface area contributed by atoms with Crippen LogP contribution in [0.5, 0.6) is 0 Å². The average Bonchev–Trinajstić information content (AvgIpc) is 2.43. The summed E-state index contributed by atoms with van der Waals surface area (Å²) in [4.78, 5) is 17.4. The Kier molecular flexibility index (Phi) is 3.91. The first-order chi connectivity index (χ1) is 7.50. The number of ether oxygens (including phenoxy) is 1. The second-order valence-corrected chi connectivity index (χ2v) is 4.44. The molecule has 1 heterocycles. The zero-order chi connectivity index (χ0) is 12.3. The van der Waals surface area contributed by atoms with E-state index in [4.69, 9.17) is 10.5 Å². The highest BCUT2D eigenvalue weighted by Gasteiger charge is 2.50. The summed E-state index contributed by atoms with van der Waals surface area (Å²) < 4.78 is 5.23. The number of amides is 2. The van der Waals surface area contributed by atoms with Gasteiger partial charge in [-0.1, -0.05) is 20.8 Å². The van der Waals surface area contributed by atoms with Gasteiger partial charge in [0.1, 0.15) is 11.4 Å². The van der Waals surface area contributed by atoms with Crippen molar-refractivity contribution >= 4 is 11.9 Å². The highest BCUT2D eigenvalue weighted by atomic mass is 16.5. The summed E-state index contributed by atoms with van der Waals surface area (Å²) >= 11 is 0. The second-order valence-electron chi connectivity index (χ2n) is 4.44. The number of nitrogens with zero attached hydrogens (tertiary/aromatic N) is 2. The van der Waals surface area contributed by atoms with E-state index in [2.05, 4.69) is 4.99 Å². The van der Waals surface area contributed by atoms with E-state index in [1.165, 1.54) is 0 Å². The third-order valence-corrected chi connectivity index (χ3v) is 3.14. The Balaban J connectivity index is 3.10. The second kappa shape index (κ2) is 4.82. The molecule has 16 heavy (non-hydrogen) atoms. The van der Waals surface area contributed by atoms with E-state index in [1.807, 2.05) is 20.8 Å². The van der Waals surface area contributed by atoms with Gasteiger partial charge < -0.3 is 15.4 Å². The Hall–Kier alpha value is -1.10. The molecule has 1 aliphatic rings. The van der Waals surface area contributed by atoms with Gasteiger partial charge in [0.05, 0.1) is 6.61 Å². The van der Waals surface area contributed by atoms with Gasteiger partial charge in [-0.25, -0.2) is 4.79 Å². The van der Waals surface area contributed by atoms with E-state index in [0.717, 1.165) is 6.42 Å². The molecule has 0 aromatic heterocycles. The molecular weight excluding hydrogens is 206 g/mol. The molecule has 0 saturated carbocycles. The van der Waals surface area contributed by atoms with Gasteiger partial charge in [-0.2, -0.15) is 4.99 Å². The molecule has 92 valence electrons. The molecule has 1 atom stereocenters. The smallest absolute Gasteiger partial charge is 0.346 e. The lowest BCUT2D eigenvalue weighted by molar-refractivity contribution is 0.0558. The van der Waals surface area contributed by atoms with Gasteiger partial charge >= 0.3 is 6.03 Å². The summed E-state index contributed by atoms with van der Waals surface area (Å²) in [6.07, 6.45) is 0.882. The van der Waals surface area contributed by atoms with Crippen LogP contribution in [0.1, 0.15) is 27.2 Å². The third-order valence-electron chi connectivity index (χ3n) is 3.14. The summed E-state index contributed by atoms with van der Waals surface area (Å²) in [6, 6.07) is -0.245. The van der Waals surface area contributed by atoms with Crippen LogP contribution < -0.4 is 5.73 Å². The minimum atomic E-state index is -0.568. The number of urea groups is 1. The molecule has 0 aliphatic carbocycles. The maximum Gasteiger partial charge on any atom is 0.346 e. The van der Waals surface area contributed by atoms with Crippen molar-refractivity contribution in [2.45, 2.75) is 32.7 Å². The standard InChI is InChI=1S/C11H21N3O2/c1-5-6-14-10(15)13-9(12)11(14,7-16-4)8(2)3/h8H,5-7H2,1-4H3,(H2,12,13,15). The lowest BCUT2D eigenvalue weighted by Crippen LogP contribution is -2.60. The van der Waals surface area contributed by atoms with E-state index in [0.29, 0.717) is 19.0 Å². The molecule has 5 nitrogen and oxygen atoms in total. The lowest BCUT2D eigenvalue weighted by Gasteiger charge is -2.40. The van der Waals surface area contributed by atoms with E-state index in [1.54, 1.807) is 12.0 Å². The molecule has 2 amide bonds. The molecule has 0 bridgehead atoms. The molecular formula is C11H21N3O2. The molecule has 0 aromatic carbocycles. The Morgan fingerprint density at radius 1 is 1.56 bits per heavy atom. The zero-order valence-electron chi connectivity index (χ0n) is 10.5. The van der Waals surface area contributed by atoms with Gasteiger partial charge in [-0.3, -0.25) is 0 Å². The Labute approximate surface area is 96.7 Å². The normalized spacial score (nSPS) is 25.4. The summed E-state index contributed by atoms with van der Waals surface area (Å²) in [5.41, 5.74) is 5.35. The number of aliphatic imine (C=N–C) groups is 1. The molecule has 0 aromatic rings. The Bertz CT molecular complexity index is 302. The summed E-state index contributed by atoms with van der Waals surface area (Å²) in [7, 11) is 1.62. The highest BCUT2D eigenvalue weighted by molar-refractivity contribution is 6.06. The van der Waals surface area contributed by atoms with E-state index >= 15 is 0 Å². The number of amidine groups is 1. The van der Waals surface area contributed by atoms with Crippen LogP contribution in [0.4, 0.5) is 4.79 Å². The van der Waals surface area contributed by atoms with Crippen LogP contribution in [0.15, 0.2) is 4.99 Å². The van der Waals surface area contributed by atoms with Crippen molar-refractivity contribution in [2.75, 3.05) is 20.3 Å². The van der Waals surface area contributed by atoms with Crippen LogP contribution in [0.25, 0.3) is 0 Å². The minimum absolute atomic E-state index is 0.175. The molecule has 5 heteroatoms. The molecule has 0 spiro atoms. The molecule has 2 N–H and O–H groups in total. The average molecular weight is 227 g/mol. The van der Waals surface area contributed by atoms with Crippen LogP contribution in [-0.2, 0) is 4.74 Å². The number of methoxy groups -OCH3 is 1. The third kappa shape index (κ3) is 1.80. The summed E-state index contributed by atoms with van der Waals surface area (Å²) in [5, 5.41) is 0. The molecule has 0 saturated heterocycles. The van der Waals surface area contributed by atoms with Crippen molar-refractivity contribution in [3.63, 3.8) is 0 Å². The number of rotatable bonds is 5. The van der Waals surface area contributed by atoms with E-state index in [9.17, 15) is 4.79 Å². The quantitative estimate of drug-likeness (QED) is 0.768. The summed E-state index contributed by atoms with van der Waals surface area (Å²) in [6.45, 7) is 7.14. The number of carbonyl (C=O) groups excluding carboxylic acids is 1. The first-order valence-electron chi connectivity index (χ1n) is 5.65. The van der Waals surface area contributed by atoms with Gasteiger partial charge in [-0.15, -0.1) is 0 Å². The predicted molar refractivity (Wildman–Crippen MR) is 63.5 cm³/mol. The summed E-state index contributed by atoms with van der Waals surface area (Å²) in [5.74, 6) is 0.553. The van der Waals surface area contributed by atoms with E-state index < -0.39 is 5.54 Å². The minimum Gasteiger partial charge on any atom is -0.385 e. The van der Waals surface area contributed by atoms with Gasteiger partial charge in [0, 0.05) is 13.7 Å². The fourth-order valence-corrected chi connectivity index (χ4v) is 2.23. The first kappa shape index (κ1) is 13.0. The number of carbonyl (C=O) groups is 1. The van der Waals surface area contributed by atoms with Crippen LogP contribution in [0.3, 0.4) is 0 Å². The maximum atomic E-state index is 11.8. The van der Waals surface area contributed by atoms with Gasteiger partial charge in [-0.05, 0) is 12.3 Å². The fourth-order valence-electron chi connectivity index (χ4n) is 2.23. The van der Waals surface area contributed by atoms with Gasteiger partial charge in [0.25, 0.3) is 0 Å². The van der Waals surface area contributed by atoms with Crippen LogP contribution in [-0.4, -0.2) is 42.6 Å². The van der Waals surface area contributed by atoms with Crippen molar-refractivity contribution < 1.29 is 9.53 Å². The van der Waals surface area contributed by atoms with Crippen molar-refractivity contribution in [2.24, 2.45) is 16.6 Å². The maximum absolute atomic E-state index is 11.8. The molecule has 1 unspecified atom stereocenters. The predicted octanol–water partition coefficient (Wildman–Crippen LogP) is 1.23. The van der Waals surface area contributed by atoms with Gasteiger partial charge in [0.2, 0.25) is 0 Å². The van der Waals surface area contributed by atoms with Crippen LogP contribution in [0, 0.1) is 5.92 Å². The van der Waals surface area contributed by atoms with Crippen LogP contribution in [0.2, 0.25) is 0 Å². The molecule has 0 fully saturated rings. The monoisotopic (exact) mass is 227 g/mol. The van der Waals surface area contributed by atoms with Crippen molar-refractivity contribution in [3.8, 4) is 0 Å². The first-order valence-corrected chi connectivity index (χ1v) is 5.65. The zero-order valence-corrected chi connectivity index (χ0v) is 10.5. The van der Waals surface area contributed by atoms with Crippen molar-refractivity contribution in [3.05, 3.63) is 0 Å². The van der Waals surface area contributed by atoms with Crippen LogP contribution >= 0.6 is 0 Å². The Morgan fingerprint density at radius 2 is 2.19 bits per heavy atom. The molecule has 1 rings (SSSR count). The topological polar surface area (TPSA) is 67.9 Å². The van der Waals surface area contributed by atoms with Crippen molar-refractivity contribution in [1.29, 1.82) is 0 Å². The Morgan fingerprint density at radius 3 is 2.62 bits per heavy atom. The highest BCUT2D eigenvalue weighted by Crippen LogP contribution is 2.31. The molecule has 1 aliphatic heterocycles.